The summed E-state index contributed by atoms with van der Waals surface area (Å²) in [5, 5.41) is 21.8. The van der Waals surface area contributed by atoms with Gasteiger partial charge < -0.3 is 20.3 Å². The summed E-state index contributed by atoms with van der Waals surface area (Å²) < 4.78 is 4.81. The molecule has 1 aliphatic heterocycles. The van der Waals surface area contributed by atoms with Gasteiger partial charge in [0.15, 0.2) is 17.4 Å². The van der Waals surface area contributed by atoms with Gasteiger partial charge in [-0.3, -0.25) is 24.2 Å². The molecule has 2 aliphatic carbocycles. The summed E-state index contributed by atoms with van der Waals surface area (Å²) in [4.78, 5) is 67.3. The highest BCUT2D eigenvalue weighted by atomic mass is 16.5. The molecule has 0 saturated heterocycles. The van der Waals surface area contributed by atoms with Crippen molar-refractivity contribution in [1.82, 2.24) is 10.3 Å². The number of aliphatic imine (C=N–C) groups is 1. The Kier molecular flexibility index (Phi) is 9.03. The lowest BCUT2D eigenvalue weighted by molar-refractivity contribution is -0.151. The van der Waals surface area contributed by atoms with Crippen molar-refractivity contribution in [3.63, 3.8) is 0 Å². The molecule has 1 amide bonds. The van der Waals surface area contributed by atoms with Gasteiger partial charge in [-0.2, -0.15) is 0 Å². The lowest BCUT2D eigenvalue weighted by atomic mass is 9.82. The van der Waals surface area contributed by atoms with Crippen LogP contribution in [0.5, 0.6) is 0 Å². The molecule has 2 fully saturated rings. The van der Waals surface area contributed by atoms with Crippen molar-refractivity contribution in [1.29, 1.82) is 0 Å². The van der Waals surface area contributed by atoms with Crippen LogP contribution in [0.25, 0.3) is 0 Å². The SMILES string of the molecule is CCOC(=O)C1CC(=O)C(=C(O)C2CC2)C(=O)C1.CCc1cnc(C2=NC(C)(C(C)C)C(=O)N2)c(C(=O)O)c1. The number of amides is 1. The summed E-state index contributed by atoms with van der Waals surface area (Å²) in [7, 11) is 0. The number of hydrogen-bond donors (Lipinski definition) is 3. The minimum atomic E-state index is -1.08. The molecule has 1 aromatic heterocycles. The maximum absolute atomic E-state index is 12.1. The fourth-order valence-electron chi connectivity index (χ4n) is 4.25. The number of amidine groups is 1. The number of aliphatic hydroxyl groups excluding tert-OH is 1. The monoisotopic (exact) mass is 541 g/mol. The van der Waals surface area contributed by atoms with E-state index in [2.05, 4.69) is 15.3 Å². The first-order valence-corrected chi connectivity index (χ1v) is 13.1. The molecule has 1 atom stereocenters. The lowest BCUT2D eigenvalue weighted by Crippen LogP contribution is -2.41. The molecule has 11 heteroatoms. The van der Waals surface area contributed by atoms with E-state index in [1.807, 2.05) is 20.8 Å². The van der Waals surface area contributed by atoms with Gasteiger partial charge in [0.1, 0.15) is 17.0 Å². The third-order valence-corrected chi connectivity index (χ3v) is 7.23. The topological polar surface area (TPSA) is 172 Å². The van der Waals surface area contributed by atoms with E-state index in [4.69, 9.17) is 4.74 Å². The van der Waals surface area contributed by atoms with Crippen LogP contribution in [-0.2, 0) is 30.3 Å². The average molecular weight is 542 g/mol. The molecule has 0 radical (unpaired) electrons. The van der Waals surface area contributed by atoms with Gasteiger partial charge in [-0.05, 0) is 50.7 Å². The highest BCUT2D eigenvalue weighted by molar-refractivity contribution is 6.23. The number of aliphatic hydroxyl groups is 1. The molecule has 1 unspecified atom stereocenters. The number of hydrogen-bond acceptors (Lipinski definition) is 9. The van der Waals surface area contributed by atoms with Crippen molar-refractivity contribution in [3.8, 4) is 0 Å². The highest BCUT2D eigenvalue weighted by Gasteiger charge is 2.43. The zero-order valence-electron chi connectivity index (χ0n) is 22.9. The molecule has 0 bridgehead atoms. The maximum Gasteiger partial charge on any atom is 0.338 e. The molecular formula is C28H35N3O8. The molecular weight excluding hydrogens is 506 g/mol. The Balaban J connectivity index is 0.000000218. The van der Waals surface area contributed by atoms with E-state index in [0.29, 0.717) is 6.42 Å². The number of ketones is 2. The summed E-state index contributed by atoms with van der Waals surface area (Å²) in [5.41, 5.74) is 0.112. The summed E-state index contributed by atoms with van der Waals surface area (Å²) in [5.74, 6) is -3.27. The fraction of sp³-hybridized carbons (Fsp3) is 0.536. The number of Topliss-reactive ketones (excluding diaryl/α,β-unsaturated/α-hetero) is 2. The normalized spacial score (nSPS) is 22.6. The number of carboxylic acids is 1. The molecule has 210 valence electrons. The number of aromatic nitrogens is 1. The third kappa shape index (κ3) is 6.40. The number of carbonyl (C=O) groups excluding carboxylic acids is 4. The van der Waals surface area contributed by atoms with Crippen molar-refractivity contribution in [3.05, 3.63) is 40.4 Å². The van der Waals surface area contributed by atoms with Crippen LogP contribution in [0.1, 0.15) is 81.9 Å². The second-order valence-corrected chi connectivity index (χ2v) is 10.4. The number of carboxylic acid groups (broad SMARTS) is 1. The number of aromatic carboxylic acids is 1. The molecule has 4 rings (SSSR count). The van der Waals surface area contributed by atoms with Crippen molar-refractivity contribution in [2.45, 2.75) is 72.3 Å². The molecule has 3 aliphatic rings. The van der Waals surface area contributed by atoms with Crippen LogP contribution in [0.2, 0.25) is 0 Å². The van der Waals surface area contributed by atoms with Gasteiger partial charge in [-0.15, -0.1) is 0 Å². The van der Waals surface area contributed by atoms with E-state index in [1.54, 1.807) is 26.1 Å². The number of esters is 1. The number of aryl methyl sites for hydroxylation is 1. The Hall–Kier alpha value is -3.89. The van der Waals surface area contributed by atoms with Crippen LogP contribution < -0.4 is 5.32 Å². The van der Waals surface area contributed by atoms with E-state index >= 15 is 0 Å². The number of allylic oxidation sites excluding steroid dienone is 2. The van der Waals surface area contributed by atoms with Gasteiger partial charge >= 0.3 is 11.9 Å². The molecule has 3 N–H and O–H groups in total. The first-order chi connectivity index (χ1) is 18.3. The van der Waals surface area contributed by atoms with Crippen molar-refractivity contribution in [2.75, 3.05) is 6.61 Å². The van der Waals surface area contributed by atoms with Gasteiger partial charge in [-0.1, -0.05) is 20.8 Å². The van der Waals surface area contributed by atoms with E-state index in [-0.39, 0.29) is 65.6 Å². The molecule has 11 nitrogen and oxygen atoms in total. The zero-order valence-corrected chi connectivity index (χ0v) is 22.9. The highest BCUT2D eigenvalue weighted by Crippen LogP contribution is 2.38. The van der Waals surface area contributed by atoms with Crippen LogP contribution in [0, 0.1) is 17.8 Å². The van der Waals surface area contributed by atoms with Crippen LogP contribution >= 0.6 is 0 Å². The second kappa shape index (κ2) is 11.9. The van der Waals surface area contributed by atoms with E-state index in [1.165, 1.54) is 0 Å². The molecule has 39 heavy (non-hydrogen) atoms. The molecule has 1 aromatic rings. The van der Waals surface area contributed by atoms with E-state index < -0.39 is 35.0 Å². The van der Waals surface area contributed by atoms with Gasteiger partial charge in [0.05, 0.1) is 23.7 Å². The number of nitrogens with zero attached hydrogens (tertiary/aromatic N) is 2. The van der Waals surface area contributed by atoms with E-state index in [9.17, 15) is 34.2 Å². The Morgan fingerprint density at radius 1 is 1.10 bits per heavy atom. The number of rotatable bonds is 7. The molecule has 2 saturated carbocycles. The average Bonchev–Trinajstić information content (AvgIpc) is 3.68. The maximum atomic E-state index is 12.1. The second-order valence-electron chi connectivity index (χ2n) is 10.4. The van der Waals surface area contributed by atoms with Crippen molar-refractivity contribution < 1.29 is 38.9 Å². The number of nitrogens with one attached hydrogen (secondary N) is 1. The Morgan fingerprint density at radius 2 is 1.72 bits per heavy atom. The van der Waals surface area contributed by atoms with Crippen LogP contribution in [0.4, 0.5) is 0 Å². The smallest absolute Gasteiger partial charge is 0.338 e. The largest absolute Gasteiger partial charge is 0.511 e. The summed E-state index contributed by atoms with van der Waals surface area (Å²) in [6.45, 7) is 9.37. The summed E-state index contributed by atoms with van der Waals surface area (Å²) >= 11 is 0. The standard InChI is InChI=1S/C15H19N3O3.C13H16O5/c1-5-9-6-10(13(19)20)11(16-7-9)12-17-14(21)15(4,18-12)8(2)3;1-2-18-13(17)8-5-9(14)11(10(15)6-8)12(16)7-3-4-7/h6-8H,5H2,1-4H3,(H,19,20)(H,17,18,21);7-8,16H,2-6H2,1H3. The first-order valence-electron chi connectivity index (χ1n) is 13.1. The first kappa shape index (κ1) is 29.7. The van der Waals surface area contributed by atoms with Gasteiger partial charge in [0, 0.05) is 25.0 Å². The minimum absolute atomic E-state index is 0.00167. The predicted octanol–water partition coefficient (Wildman–Crippen LogP) is 2.95. The Labute approximate surface area is 226 Å². The molecule has 2 heterocycles. The van der Waals surface area contributed by atoms with Crippen LogP contribution in [0.3, 0.4) is 0 Å². The van der Waals surface area contributed by atoms with Gasteiger partial charge in [-0.25, -0.2) is 9.79 Å². The zero-order chi connectivity index (χ0) is 29.1. The number of ether oxygens (including phenoxy) is 1. The quantitative estimate of drug-likeness (QED) is 0.203. The Bertz CT molecular complexity index is 1240. The van der Waals surface area contributed by atoms with Crippen LogP contribution in [-0.4, -0.2) is 62.6 Å². The number of pyridine rings is 1. The van der Waals surface area contributed by atoms with E-state index in [0.717, 1.165) is 18.4 Å². The molecule has 0 aromatic carbocycles. The minimum Gasteiger partial charge on any atom is -0.511 e. The fourth-order valence-corrected chi connectivity index (χ4v) is 4.25. The lowest BCUT2D eigenvalue weighted by Gasteiger charge is -2.21. The predicted molar refractivity (Wildman–Crippen MR) is 140 cm³/mol. The van der Waals surface area contributed by atoms with Crippen LogP contribution in [0.15, 0.2) is 28.6 Å². The summed E-state index contributed by atoms with van der Waals surface area (Å²) in [6, 6.07) is 1.57. The van der Waals surface area contributed by atoms with Gasteiger partial charge in [0.25, 0.3) is 5.91 Å². The third-order valence-electron chi connectivity index (χ3n) is 7.23. The van der Waals surface area contributed by atoms with Crippen molar-refractivity contribution >= 4 is 35.2 Å². The molecule has 0 spiro atoms. The van der Waals surface area contributed by atoms with Gasteiger partial charge in [0.2, 0.25) is 0 Å². The Morgan fingerprint density at radius 3 is 2.18 bits per heavy atom. The number of carbonyl (C=O) groups is 5. The summed E-state index contributed by atoms with van der Waals surface area (Å²) in [6.07, 6.45) is 3.85. The van der Waals surface area contributed by atoms with Crippen molar-refractivity contribution in [2.24, 2.45) is 22.7 Å².